The molecule has 4 aromatic rings. The Morgan fingerprint density at radius 1 is 0.305 bits per heavy atom. The molecule has 0 unspecified atom stereocenters. The summed E-state index contributed by atoms with van der Waals surface area (Å²) in [6.07, 6.45) is 1.49. The van der Waals surface area contributed by atoms with Crippen molar-refractivity contribution in [2.75, 3.05) is 0 Å². The Bertz CT molecular complexity index is 2180. The van der Waals surface area contributed by atoms with Gasteiger partial charge in [-0.2, -0.15) is 11.4 Å². The molecule has 0 fully saturated rings. The Balaban J connectivity index is 0.000000400. The van der Waals surface area contributed by atoms with Crippen LogP contribution in [0.1, 0.15) is 27.7 Å². The number of allylic oxidation sites excluding steroid dienone is 4. The number of rotatable bonds is 8. The smallest absolute Gasteiger partial charge is 0.657 e. The molecule has 0 N–H and O–H groups in total. The summed E-state index contributed by atoms with van der Waals surface area (Å²) in [6.45, 7) is 3.98. The maximum absolute atomic E-state index is 13.6. The first-order valence-electron chi connectivity index (χ1n) is 14.7. The van der Waals surface area contributed by atoms with Gasteiger partial charge in [-0.3, -0.25) is 0 Å². The zero-order valence-electron chi connectivity index (χ0n) is 28.9. The Morgan fingerprint density at radius 2 is 0.475 bits per heavy atom. The van der Waals surface area contributed by atoms with E-state index < -0.39 is 162 Å². The van der Waals surface area contributed by atoms with Gasteiger partial charge in [-0.15, -0.1) is 0 Å². The van der Waals surface area contributed by atoms with Crippen LogP contribution in [0.2, 0.25) is 0 Å². The third-order valence-electron chi connectivity index (χ3n) is 6.73. The summed E-state index contributed by atoms with van der Waals surface area (Å²) in [5, 5.41) is 6.37. The fraction of sp³-hybridized carbons (Fsp3) is 0.118. The first kappa shape index (κ1) is 49.6. The second kappa shape index (κ2) is 19.4. The van der Waals surface area contributed by atoms with Crippen molar-refractivity contribution in [1.29, 1.82) is 0 Å². The maximum Gasteiger partial charge on any atom is 2.00 e. The van der Waals surface area contributed by atoms with Crippen LogP contribution in [0.25, 0.3) is 10.6 Å². The molecule has 0 radical (unpaired) electrons. The predicted molar refractivity (Wildman–Crippen MR) is 164 cm³/mol. The molecule has 0 saturated heterocycles. The Kier molecular flexibility index (Phi) is 16.3. The molecule has 0 atom stereocenters. The Labute approximate surface area is 327 Å². The molecule has 25 heteroatoms. The number of benzene rings is 4. The molecule has 0 aliphatic carbocycles. The Morgan fingerprint density at radius 3 is 0.678 bits per heavy atom. The second-order valence-electron chi connectivity index (χ2n) is 11.0. The van der Waals surface area contributed by atoms with Crippen LogP contribution in [0.15, 0.2) is 33.5 Å². The van der Waals surface area contributed by atoms with E-state index in [1.807, 2.05) is 0 Å². The second-order valence-corrected chi connectivity index (χ2v) is 11.0. The summed E-state index contributed by atoms with van der Waals surface area (Å²) in [5.74, 6) is -45.4. The molecular weight excluding hydrogens is 900 g/mol. The van der Waals surface area contributed by atoms with Crippen LogP contribution in [0.4, 0.5) is 111 Å². The van der Waals surface area contributed by atoms with Crippen molar-refractivity contribution in [2.24, 2.45) is 9.98 Å². The van der Waals surface area contributed by atoms with Crippen molar-refractivity contribution in [2.45, 2.75) is 27.7 Å². The molecule has 0 aliphatic heterocycles. The summed E-state index contributed by atoms with van der Waals surface area (Å²) in [6, 6.07) is 0. The van der Waals surface area contributed by atoms with Gasteiger partial charge in [0.05, 0.1) is 0 Å². The fourth-order valence-electron chi connectivity index (χ4n) is 4.21. The van der Waals surface area contributed by atoms with Gasteiger partial charge in [0.1, 0.15) is 34.6 Å². The van der Waals surface area contributed by atoms with Crippen LogP contribution < -0.4 is 0 Å². The zero-order chi connectivity index (χ0) is 44.4. The molecule has 0 bridgehead atoms. The van der Waals surface area contributed by atoms with Crippen LogP contribution in [0.5, 0.6) is 0 Å². The number of hydrogen-bond acceptors (Lipinski definition) is 2. The molecule has 0 heterocycles. The van der Waals surface area contributed by atoms with Crippen LogP contribution in [-0.4, -0.2) is 11.4 Å². The first-order chi connectivity index (χ1) is 26.8. The Hall–Kier alpha value is -5.58. The number of nitrogens with zero attached hydrogens (tertiary/aromatic N) is 4. The molecule has 0 aliphatic rings. The largest absolute Gasteiger partial charge is 2.00 e. The molecule has 0 amide bonds. The van der Waals surface area contributed by atoms with E-state index >= 15 is 0 Å². The molecule has 0 saturated carbocycles. The molecule has 0 spiro atoms. The molecule has 0 aromatic heterocycles. The van der Waals surface area contributed by atoms with Crippen LogP contribution in [0.3, 0.4) is 0 Å². The summed E-state index contributed by atoms with van der Waals surface area (Å²) in [5.41, 5.74) is -8.01. The van der Waals surface area contributed by atoms with E-state index in [0.717, 1.165) is 39.8 Å². The minimum absolute atomic E-state index is 0. The molecule has 59 heavy (non-hydrogen) atoms. The number of halogens is 20. The molecular formula is C34H14F20FeN4. The van der Waals surface area contributed by atoms with E-state index in [1.165, 1.54) is 0 Å². The summed E-state index contributed by atoms with van der Waals surface area (Å²) >= 11 is 0. The minimum atomic E-state index is -2.40. The van der Waals surface area contributed by atoms with Crippen molar-refractivity contribution in [3.8, 4) is 0 Å². The van der Waals surface area contributed by atoms with Gasteiger partial charge in [0, 0.05) is 11.4 Å². The molecule has 4 aromatic carbocycles. The predicted octanol–water partition coefficient (Wildman–Crippen LogP) is 13.6. The van der Waals surface area contributed by atoms with Gasteiger partial charge in [0.25, 0.3) is 0 Å². The van der Waals surface area contributed by atoms with Crippen molar-refractivity contribution in [3.63, 3.8) is 0 Å². The van der Waals surface area contributed by atoms with Gasteiger partial charge in [-0.05, 0) is 13.8 Å². The average molecular weight is 914 g/mol. The molecule has 318 valence electrons. The third kappa shape index (κ3) is 10.2. The quantitative estimate of drug-likeness (QED) is 0.0556. The van der Waals surface area contributed by atoms with E-state index in [2.05, 4.69) is 20.6 Å². The van der Waals surface area contributed by atoms with E-state index in [-0.39, 0.29) is 17.1 Å². The van der Waals surface area contributed by atoms with Crippen LogP contribution in [0, 0.1) is 116 Å². The van der Waals surface area contributed by atoms with Crippen LogP contribution >= 0.6 is 0 Å². The number of hydrogen-bond donors (Lipinski definition) is 0. The van der Waals surface area contributed by atoms with Crippen molar-refractivity contribution >= 4 is 34.2 Å². The average Bonchev–Trinajstić information content (AvgIpc) is 3.18. The normalized spacial score (nSPS) is 12.3. The van der Waals surface area contributed by atoms with E-state index in [4.69, 9.17) is 0 Å². The van der Waals surface area contributed by atoms with Crippen molar-refractivity contribution in [3.05, 3.63) is 151 Å². The van der Waals surface area contributed by atoms with E-state index in [0.29, 0.717) is 0 Å². The SMILES string of the molecule is CC(/C=C(/C)[N-]c1c(F)c(F)c(F)c(F)c1F)=Nc1c(F)c(F)c(F)c(F)c1F.CC(/C=C(/C)[N-]c1c(F)c(F)c(F)c(F)c1F)=Nc1c(F)c(F)c(F)c(F)c1F.[Fe+2]. The van der Waals surface area contributed by atoms with Crippen molar-refractivity contribution < 1.29 is 105 Å². The van der Waals surface area contributed by atoms with Crippen molar-refractivity contribution in [1.82, 2.24) is 0 Å². The summed E-state index contributed by atoms with van der Waals surface area (Å²) in [4.78, 5) is 6.37. The molecule has 4 rings (SSSR count). The van der Waals surface area contributed by atoms with Gasteiger partial charge >= 0.3 is 17.1 Å². The maximum atomic E-state index is 13.6. The minimum Gasteiger partial charge on any atom is -0.657 e. The van der Waals surface area contributed by atoms with Crippen LogP contribution in [-0.2, 0) is 17.1 Å². The third-order valence-corrected chi connectivity index (χ3v) is 6.73. The standard InChI is InChI=1S/2C17H7F10N2.Fe/c2*1-4(28-16-12(24)8(20)6(18)9(21)13(16)25)3-5(2)29-17-14(26)10(22)7(19)11(23)15(17)27;/h2*3H,1-2H3;/q2*-1;+2/b2*4-3-,29-5?;. The summed E-state index contributed by atoms with van der Waals surface area (Å²) in [7, 11) is 0. The summed E-state index contributed by atoms with van der Waals surface area (Å²) < 4.78 is 266. The number of aliphatic imine (C=N–C) groups is 2. The fourth-order valence-corrected chi connectivity index (χ4v) is 4.21. The van der Waals surface area contributed by atoms with E-state index in [1.54, 1.807) is 0 Å². The van der Waals surface area contributed by atoms with Gasteiger partial charge in [-0.1, -0.05) is 37.4 Å². The van der Waals surface area contributed by atoms with Gasteiger partial charge in [-0.25, -0.2) is 97.8 Å². The molecule has 4 nitrogen and oxygen atoms in total. The van der Waals surface area contributed by atoms with E-state index in [9.17, 15) is 87.8 Å². The van der Waals surface area contributed by atoms with Gasteiger partial charge in [0.2, 0.25) is 11.6 Å². The van der Waals surface area contributed by atoms with Gasteiger partial charge in [0.15, 0.2) is 81.4 Å². The first-order valence-corrected chi connectivity index (χ1v) is 14.7. The zero-order valence-corrected chi connectivity index (χ0v) is 30.0. The monoisotopic (exact) mass is 914 g/mol. The van der Waals surface area contributed by atoms with Gasteiger partial charge < -0.3 is 10.6 Å². The topological polar surface area (TPSA) is 52.9 Å².